The molecule has 1 aliphatic rings. The molecule has 112 valence electrons. The van der Waals surface area contributed by atoms with Crippen molar-refractivity contribution in [1.82, 2.24) is 5.32 Å². The van der Waals surface area contributed by atoms with E-state index in [1.165, 1.54) is 30.4 Å². The molecule has 0 bridgehead atoms. The Morgan fingerprint density at radius 3 is 2.60 bits per heavy atom. The van der Waals surface area contributed by atoms with Crippen LogP contribution in [0.3, 0.4) is 0 Å². The van der Waals surface area contributed by atoms with Gasteiger partial charge in [-0.05, 0) is 70.4 Å². The number of aryl methyl sites for hydroxylation is 1. The summed E-state index contributed by atoms with van der Waals surface area (Å²) in [6.07, 6.45) is 4.47. The van der Waals surface area contributed by atoms with Gasteiger partial charge >= 0.3 is 0 Å². The van der Waals surface area contributed by atoms with Gasteiger partial charge in [-0.1, -0.05) is 24.3 Å². The summed E-state index contributed by atoms with van der Waals surface area (Å²) in [6, 6.07) is 8.73. The summed E-state index contributed by atoms with van der Waals surface area (Å²) in [4.78, 5) is 0. The van der Waals surface area contributed by atoms with Crippen molar-refractivity contribution in [2.75, 3.05) is 6.54 Å². The molecule has 1 aromatic rings. The lowest BCUT2D eigenvalue weighted by atomic mass is 9.77. The third kappa shape index (κ3) is 4.32. The van der Waals surface area contributed by atoms with Crippen molar-refractivity contribution in [2.24, 2.45) is 0 Å². The molecule has 0 aromatic heterocycles. The normalized spacial score (nSPS) is 22.1. The van der Waals surface area contributed by atoms with Crippen LogP contribution in [0.1, 0.15) is 64.0 Å². The van der Waals surface area contributed by atoms with E-state index in [0.29, 0.717) is 12.5 Å². The van der Waals surface area contributed by atoms with Crippen molar-refractivity contribution in [1.29, 1.82) is 0 Å². The van der Waals surface area contributed by atoms with Gasteiger partial charge in [-0.3, -0.25) is 0 Å². The Bertz CT molecular complexity index is 445. The molecule has 2 unspecified atom stereocenters. The van der Waals surface area contributed by atoms with Crippen LogP contribution in [0.25, 0.3) is 0 Å². The van der Waals surface area contributed by atoms with E-state index >= 15 is 0 Å². The fourth-order valence-corrected chi connectivity index (χ4v) is 3.13. The van der Waals surface area contributed by atoms with E-state index < -0.39 is 5.60 Å². The van der Waals surface area contributed by atoms with Gasteiger partial charge in [0.25, 0.3) is 0 Å². The van der Waals surface area contributed by atoms with Gasteiger partial charge in [0.1, 0.15) is 0 Å². The Balaban J connectivity index is 2.03. The summed E-state index contributed by atoms with van der Waals surface area (Å²) in [7, 11) is 0. The SMILES string of the molecule is CC(O)(CNC(C)(C)C)CC1CCCc2ccccc21. The standard InChI is InChI=1S/C18H29NO/c1-17(2,3)19-13-18(4,20)12-15-10-7-9-14-8-5-6-11-16(14)15/h5-6,8,11,15,19-20H,7,9-10,12-13H2,1-4H3. The summed E-state index contributed by atoms with van der Waals surface area (Å²) in [5, 5.41) is 14.1. The lowest BCUT2D eigenvalue weighted by Gasteiger charge is -2.34. The average Bonchev–Trinajstić information content (AvgIpc) is 2.36. The highest BCUT2D eigenvalue weighted by atomic mass is 16.3. The second kappa shape index (κ2) is 5.87. The zero-order valence-corrected chi connectivity index (χ0v) is 13.4. The van der Waals surface area contributed by atoms with Gasteiger partial charge in [-0.2, -0.15) is 0 Å². The lowest BCUT2D eigenvalue weighted by Crippen LogP contribution is -2.47. The maximum Gasteiger partial charge on any atom is 0.0749 e. The molecule has 0 heterocycles. The maximum atomic E-state index is 10.7. The van der Waals surface area contributed by atoms with Crippen LogP contribution in [0, 0.1) is 0 Å². The predicted molar refractivity (Wildman–Crippen MR) is 85.1 cm³/mol. The molecule has 0 spiro atoms. The number of hydrogen-bond donors (Lipinski definition) is 2. The second-order valence-corrected chi connectivity index (χ2v) is 7.59. The first-order valence-corrected chi connectivity index (χ1v) is 7.82. The molecule has 0 aliphatic heterocycles. The van der Waals surface area contributed by atoms with E-state index in [1.54, 1.807) is 0 Å². The first-order chi connectivity index (χ1) is 9.27. The molecule has 2 rings (SSSR count). The minimum absolute atomic E-state index is 0.0501. The first-order valence-electron chi connectivity index (χ1n) is 7.82. The van der Waals surface area contributed by atoms with Crippen LogP contribution in [-0.2, 0) is 6.42 Å². The number of fused-ring (bicyclic) bond motifs is 1. The molecule has 0 fully saturated rings. The molecule has 2 N–H and O–H groups in total. The summed E-state index contributed by atoms with van der Waals surface area (Å²) in [6.45, 7) is 9.02. The highest BCUT2D eigenvalue weighted by Gasteiger charge is 2.30. The third-order valence-electron chi connectivity index (χ3n) is 4.18. The van der Waals surface area contributed by atoms with Crippen molar-refractivity contribution >= 4 is 0 Å². The number of rotatable bonds is 4. The van der Waals surface area contributed by atoms with Crippen molar-refractivity contribution in [3.8, 4) is 0 Å². The molecule has 2 heteroatoms. The fourth-order valence-electron chi connectivity index (χ4n) is 3.13. The largest absolute Gasteiger partial charge is 0.389 e. The smallest absolute Gasteiger partial charge is 0.0749 e. The van der Waals surface area contributed by atoms with Crippen LogP contribution < -0.4 is 5.32 Å². The van der Waals surface area contributed by atoms with Crippen LogP contribution in [0.2, 0.25) is 0 Å². The highest BCUT2D eigenvalue weighted by molar-refractivity contribution is 5.32. The topological polar surface area (TPSA) is 32.3 Å². The summed E-state index contributed by atoms with van der Waals surface area (Å²) < 4.78 is 0. The zero-order chi connectivity index (χ0) is 14.8. The van der Waals surface area contributed by atoms with Gasteiger partial charge in [-0.15, -0.1) is 0 Å². The number of β-amino-alcohol motifs (C(OH)–C–C–N with tert-alkyl or cyclic N) is 1. The summed E-state index contributed by atoms with van der Waals surface area (Å²) in [5.41, 5.74) is 2.33. The van der Waals surface area contributed by atoms with E-state index in [9.17, 15) is 5.11 Å². The van der Waals surface area contributed by atoms with Crippen LogP contribution in [0.5, 0.6) is 0 Å². The van der Waals surface area contributed by atoms with Gasteiger partial charge in [0.15, 0.2) is 0 Å². The van der Waals surface area contributed by atoms with Crippen molar-refractivity contribution < 1.29 is 5.11 Å². The Morgan fingerprint density at radius 2 is 1.90 bits per heavy atom. The van der Waals surface area contributed by atoms with Crippen molar-refractivity contribution in [3.63, 3.8) is 0 Å². The van der Waals surface area contributed by atoms with Crippen molar-refractivity contribution in [2.45, 2.75) is 70.4 Å². The molecule has 2 nitrogen and oxygen atoms in total. The van der Waals surface area contributed by atoms with Gasteiger partial charge < -0.3 is 10.4 Å². The molecular weight excluding hydrogens is 246 g/mol. The first kappa shape index (κ1) is 15.5. The lowest BCUT2D eigenvalue weighted by molar-refractivity contribution is 0.0357. The molecule has 0 saturated heterocycles. The zero-order valence-electron chi connectivity index (χ0n) is 13.4. The summed E-state index contributed by atoms with van der Waals surface area (Å²) in [5.74, 6) is 0.497. The average molecular weight is 275 g/mol. The molecule has 1 aromatic carbocycles. The van der Waals surface area contributed by atoms with E-state index in [0.717, 1.165) is 6.42 Å². The number of nitrogens with one attached hydrogen (secondary N) is 1. The number of hydrogen-bond acceptors (Lipinski definition) is 2. The van der Waals surface area contributed by atoms with Crippen LogP contribution in [0.4, 0.5) is 0 Å². The third-order valence-corrected chi connectivity index (χ3v) is 4.18. The monoisotopic (exact) mass is 275 g/mol. The minimum atomic E-state index is -0.650. The Hall–Kier alpha value is -0.860. The molecule has 0 saturated carbocycles. The molecule has 20 heavy (non-hydrogen) atoms. The van der Waals surface area contributed by atoms with Crippen LogP contribution >= 0.6 is 0 Å². The number of benzene rings is 1. The summed E-state index contributed by atoms with van der Waals surface area (Å²) >= 11 is 0. The van der Waals surface area contributed by atoms with Gasteiger partial charge in [-0.25, -0.2) is 0 Å². The Kier molecular flexibility index (Phi) is 4.55. The fraction of sp³-hybridized carbons (Fsp3) is 0.667. The van der Waals surface area contributed by atoms with Crippen LogP contribution in [0.15, 0.2) is 24.3 Å². The maximum absolute atomic E-state index is 10.7. The van der Waals surface area contributed by atoms with E-state index in [-0.39, 0.29) is 5.54 Å². The molecule has 1 aliphatic carbocycles. The van der Waals surface area contributed by atoms with E-state index in [4.69, 9.17) is 0 Å². The van der Waals surface area contributed by atoms with Crippen molar-refractivity contribution in [3.05, 3.63) is 35.4 Å². The van der Waals surface area contributed by atoms with E-state index in [1.807, 2.05) is 6.92 Å². The Labute approximate surface area is 123 Å². The van der Waals surface area contributed by atoms with Gasteiger partial charge in [0.2, 0.25) is 0 Å². The molecule has 0 radical (unpaired) electrons. The highest BCUT2D eigenvalue weighted by Crippen LogP contribution is 2.36. The Morgan fingerprint density at radius 1 is 1.20 bits per heavy atom. The second-order valence-electron chi connectivity index (χ2n) is 7.59. The van der Waals surface area contributed by atoms with Gasteiger partial charge in [0.05, 0.1) is 5.60 Å². The quantitative estimate of drug-likeness (QED) is 0.879. The predicted octanol–water partition coefficient (Wildman–Crippen LogP) is 3.64. The minimum Gasteiger partial charge on any atom is -0.389 e. The molecule has 0 amide bonds. The molecule has 2 atom stereocenters. The van der Waals surface area contributed by atoms with Crippen LogP contribution in [-0.4, -0.2) is 22.8 Å². The molecular formula is C18H29NO. The van der Waals surface area contributed by atoms with E-state index in [2.05, 4.69) is 50.4 Å². The number of aliphatic hydroxyl groups is 1. The van der Waals surface area contributed by atoms with Gasteiger partial charge in [0, 0.05) is 12.1 Å².